The van der Waals surface area contributed by atoms with Gasteiger partial charge >= 0.3 is 13.6 Å². The zero-order valence-electron chi connectivity index (χ0n) is 6.51. The van der Waals surface area contributed by atoms with Crippen LogP contribution in [0.3, 0.4) is 0 Å². The van der Waals surface area contributed by atoms with E-state index in [0.29, 0.717) is 0 Å². The normalized spacial score (nSPS) is 13.7. The predicted octanol–water partition coefficient (Wildman–Crippen LogP) is 0.127. The molecule has 0 bridgehead atoms. The summed E-state index contributed by atoms with van der Waals surface area (Å²) >= 11 is 0. The summed E-state index contributed by atoms with van der Waals surface area (Å²) in [6, 6.07) is 0. The molecule has 70 valence electrons. The molecule has 0 aliphatic rings. The lowest BCUT2D eigenvalue weighted by Crippen LogP contribution is -2.05. The summed E-state index contributed by atoms with van der Waals surface area (Å²) in [5.41, 5.74) is 0. The number of carboxylic acids is 1. The van der Waals surface area contributed by atoms with E-state index < -0.39 is 24.6 Å². The maximum absolute atomic E-state index is 10.5. The molecule has 0 aromatic heterocycles. The summed E-state index contributed by atoms with van der Waals surface area (Å²) in [5, 5.41) is 7.80. The molecule has 0 saturated carbocycles. The van der Waals surface area contributed by atoms with Gasteiger partial charge in [-0.15, -0.1) is 0 Å². The van der Waals surface area contributed by atoms with Crippen LogP contribution in [0.15, 0.2) is 11.1 Å². The SMILES string of the molecule is CO/C(C(=O)O)=C(/C)P(=O)(O)O. The second-order valence-corrected chi connectivity index (χ2v) is 3.73. The lowest BCUT2D eigenvalue weighted by molar-refractivity contribution is -0.136. The Labute approximate surface area is 68.6 Å². The Morgan fingerprint density at radius 1 is 1.42 bits per heavy atom. The van der Waals surface area contributed by atoms with E-state index in [2.05, 4.69) is 4.74 Å². The predicted molar refractivity (Wildman–Crippen MR) is 39.4 cm³/mol. The van der Waals surface area contributed by atoms with Crippen molar-refractivity contribution in [3.63, 3.8) is 0 Å². The van der Waals surface area contributed by atoms with E-state index in [-0.39, 0.29) is 0 Å². The van der Waals surface area contributed by atoms with Crippen LogP contribution < -0.4 is 0 Å². The Hall–Kier alpha value is -0.840. The molecule has 0 aromatic carbocycles. The molecule has 0 rings (SSSR count). The summed E-state index contributed by atoms with van der Waals surface area (Å²) in [7, 11) is -3.48. The molecule has 0 aliphatic heterocycles. The number of methoxy groups -OCH3 is 1. The highest BCUT2D eigenvalue weighted by molar-refractivity contribution is 7.56. The smallest absolute Gasteiger partial charge is 0.371 e. The number of aliphatic carboxylic acids is 1. The van der Waals surface area contributed by atoms with Crippen LogP contribution in [0.5, 0.6) is 0 Å². The minimum Gasteiger partial charge on any atom is -0.489 e. The van der Waals surface area contributed by atoms with Crippen molar-refractivity contribution in [3.8, 4) is 0 Å². The molecular weight excluding hydrogens is 187 g/mol. The van der Waals surface area contributed by atoms with Crippen LogP contribution in [-0.2, 0) is 14.1 Å². The number of carboxylic acid groups (broad SMARTS) is 1. The molecule has 0 amide bonds. The summed E-state index contributed by atoms with van der Waals surface area (Å²) in [4.78, 5) is 27.4. The van der Waals surface area contributed by atoms with Gasteiger partial charge in [0.25, 0.3) is 0 Å². The first-order chi connectivity index (χ1) is 5.30. The van der Waals surface area contributed by atoms with Crippen molar-refractivity contribution in [3.05, 3.63) is 11.1 Å². The molecule has 7 heteroatoms. The van der Waals surface area contributed by atoms with Gasteiger partial charge < -0.3 is 19.6 Å². The van der Waals surface area contributed by atoms with E-state index in [9.17, 15) is 9.36 Å². The van der Waals surface area contributed by atoms with Gasteiger partial charge in [0.05, 0.1) is 12.4 Å². The molecule has 0 fully saturated rings. The van der Waals surface area contributed by atoms with Gasteiger partial charge in [0.15, 0.2) is 0 Å². The van der Waals surface area contributed by atoms with Crippen molar-refractivity contribution >= 4 is 13.6 Å². The first-order valence-electron chi connectivity index (χ1n) is 2.85. The summed E-state index contributed by atoms with van der Waals surface area (Å²) in [6.45, 7) is 1.01. The number of ether oxygens (including phenoxy) is 1. The fraction of sp³-hybridized carbons (Fsp3) is 0.400. The van der Waals surface area contributed by atoms with Crippen LogP contribution in [0, 0.1) is 0 Å². The van der Waals surface area contributed by atoms with Crippen LogP contribution in [0.4, 0.5) is 0 Å². The molecular formula is C5H9O6P. The van der Waals surface area contributed by atoms with Crippen LogP contribution >= 0.6 is 7.60 Å². The Kier molecular flexibility index (Phi) is 3.45. The molecule has 0 spiro atoms. The first kappa shape index (κ1) is 11.2. The van der Waals surface area contributed by atoms with Gasteiger partial charge in [-0.25, -0.2) is 4.79 Å². The second kappa shape index (κ2) is 3.71. The van der Waals surface area contributed by atoms with Gasteiger partial charge in [-0.1, -0.05) is 0 Å². The minimum absolute atomic E-state index is 0.586. The van der Waals surface area contributed by atoms with Crippen LogP contribution in [-0.4, -0.2) is 28.0 Å². The van der Waals surface area contributed by atoms with Gasteiger partial charge in [-0.3, -0.25) is 4.57 Å². The average Bonchev–Trinajstić information content (AvgIpc) is 1.86. The highest BCUT2D eigenvalue weighted by Gasteiger charge is 2.25. The zero-order chi connectivity index (χ0) is 9.94. The molecule has 12 heavy (non-hydrogen) atoms. The van der Waals surface area contributed by atoms with Crippen molar-refractivity contribution in [2.75, 3.05) is 7.11 Å². The quantitative estimate of drug-likeness (QED) is 0.336. The van der Waals surface area contributed by atoms with Crippen molar-refractivity contribution in [2.45, 2.75) is 6.92 Å². The van der Waals surface area contributed by atoms with Crippen LogP contribution in [0.2, 0.25) is 0 Å². The van der Waals surface area contributed by atoms with E-state index in [4.69, 9.17) is 14.9 Å². The highest BCUT2D eigenvalue weighted by atomic mass is 31.2. The average molecular weight is 196 g/mol. The number of carbonyl (C=O) groups is 1. The number of hydrogen-bond donors (Lipinski definition) is 3. The van der Waals surface area contributed by atoms with Gasteiger partial charge in [0.2, 0.25) is 5.76 Å². The van der Waals surface area contributed by atoms with Crippen molar-refractivity contribution in [2.24, 2.45) is 0 Å². The van der Waals surface area contributed by atoms with Crippen molar-refractivity contribution < 1.29 is 29.0 Å². The second-order valence-electron chi connectivity index (χ2n) is 1.97. The Bertz CT molecular complexity index is 261. The third kappa shape index (κ3) is 2.65. The van der Waals surface area contributed by atoms with Crippen LogP contribution in [0.1, 0.15) is 6.92 Å². The molecule has 0 unspecified atom stereocenters. The number of rotatable bonds is 3. The molecule has 0 heterocycles. The van der Waals surface area contributed by atoms with E-state index in [0.717, 1.165) is 14.0 Å². The number of hydrogen-bond acceptors (Lipinski definition) is 3. The van der Waals surface area contributed by atoms with E-state index in [1.54, 1.807) is 0 Å². The Balaban J connectivity index is 5.13. The topological polar surface area (TPSA) is 104 Å². The third-order valence-electron chi connectivity index (χ3n) is 1.16. The van der Waals surface area contributed by atoms with Gasteiger partial charge in [0, 0.05) is 0 Å². The summed E-state index contributed by atoms with van der Waals surface area (Å²) in [5.74, 6) is -2.22. The third-order valence-corrected chi connectivity index (χ3v) is 2.24. The lowest BCUT2D eigenvalue weighted by atomic mass is 10.5. The fourth-order valence-electron chi connectivity index (χ4n) is 0.522. The Morgan fingerprint density at radius 2 is 1.83 bits per heavy atom. The number of allylic oxidation sites excluding steroid dienone is 1. The molecule has 0 aliphatic carbocycles. The summed E-state index contributed by atoms with van der Waals surface area (Å²) in [6.07, 6.45) is 0. The van der Waals surface area contributed by atoms with Crippen LogP contribution in [0.25, 0.3) is 0 Å². The van der Waals surface area contributed by atoms with Gasteiger partial charge in [-0.2, -0.15) is 0 Å². The molecule has 3 N–H and O–H groups in total. The monoisotopic (exact) mass is 196 g/mol. The summed E-state index contributed by atoms with van der Waals surface area (Å²) < 4.78 is 14.8. The molecule has 6 nitrogen and oxygen atoms in total. The van der Waals surface area contributed by atoms with Gasteiger partial charge in [0.1, 0.15) is 0 Å². The van der Waals surface area contributed by atoms with E-state index in [1.165, 1.54) is 0 Å². The molecule has 0 saturated heterocycles. The van der Waals surface area contributed by atoms with Crippen molar-refractivity contribution in [1.82, 2.24) is 0 Å². The largest absolute Gasteiger partial charge is 0.489 e. The molecule has 0 aromatic rings. The standard InChI is InChI=1S/C5H9O6P/c1-3(12(8,9)10)4(11-2)5(6)7/h1-2H3,(H,6,7)(H2,8,9,10)/b4-3-. The minimum atomic E-state index is -4.51. The van der Waals surface area contributed by atoms with Crippen molar-refractivity contribution in [1.29, 1.82) is 0 Å². The van der Waals surface area contributed by atoms with E-state index >= 15 is 0 Å². The van der Waals surface area contributed by atoms with E-state index in [1.807, 2.05) is 0 Å². The van der Waals surface area contributed by atoms with Gasteiger partial charge in [-0.05, 0) is 6.92 Å². The first-order valence-corrected chi connectivity index (χ1v) is 4.46. The lowest BCUT2D eigenvalue weighted by Gasteiger charge is -2.07. The zero-order valence-corrected chi connectivity index (χ0v) is 7.41. The molecule has 0 radical (unpaired) electrons. The molecule has 0 atom stereocenters. The Morgan fingerprint density at radius 3 is 1.92 bits per heavy atom. The highest BCUT2D eigenvalue weighted by Crippen LogP contribution is 2.46. The fourth-order valence-corrected chi connectivity index (χ4v) is 0.974. The maximum Gasteiger partial charge on any atom is 0.371 e. The maximum atomic E-state index is 10.5.